The summed E-state index contributed by atoms with van der Waals surface area (Å²) in [6.45, 7) is 4.50. The maximum absolute atomic E-state index is 13.1. The molecule has 0 aromatic heterocycles. The summed E-state index contributed by atoms with van der Waals surface area (Å²) in [5.74, 6) is -0.870. The first kappa shape index (κ1) is 15.3. The second-order valence-corrected chi connectivity index (χ2v) is 4.97. The third-order valence-electron chi connectivity index (χ3n) is 3.23. The van der Waals surface area contributed by atoms with Gasteiger partial charge in [0, 0.05) is 18.3 Å². The van der Waals surface area contributed by atoms with Gasteiger partial charge in [0.1, 0.15) is 5.75 Å². The molecule has 2 aromatic carbocycles. The molecule has 0 aliphatic rings. The van der Waals surface area contributed by atoms with Gasteiger partial charge in [-0.05, 0) is 43.2 Å². The lowest BCUT2D eigenvalue weighted by Gasteiger charge is -2.14. The lowest BCUT2D eigenvalue weighted by Crippen LogP contribution is -2.09. The molecule has 0 aliphatic carbocycles. The van der Waals surface area contributed by atoms with E-state index in [1.165, 1.54) is 6.07 Å². The Bertz CT molecular complexity index is 601. The zero-order valence-electron chi connectivity index (χ0n) is 12.2. The number of hydrogen-bond acceptors (Lipinski definition) is 2. The van der Waals surface area contributed by atoms with Crippen LogP contribution >= 0.6 is 0 Å². The predicted octanol–water partition coefficient (Wildman–Crippen LogP) is 4.75. The van der Waals surface area contributed by atoms with Crippen molar-refractivity contribution in [1.29, 1.82) is 0 Å². The molecule has 0 saturated carbocycles. The normalized spacial score (nSPS) is 12.0. The standard InChI is InChI=1S/C17H19F2NO/c1-3-12(2)21-15-6-4-5-14(10-15)20-11-13-7-8-16(18)17(19)9-13/h4-10,12,20H,3,11H2,1-2H3. The molecule has 1 atom stereocenters. The number of halogens is 2. The van der Waals surface area contributed by atoms with E-state index in [0.717, 1.165) is 23.9 Å². The fourth-order valence-electron chi connectivity index (χ4n) is 1.85. The van der Waals surface area contributed by atoms with Gasteiger partial charge in [-0.3, -0.25) is 0 Å². The first-order chi connectivity index (χ1) is 10.1. The minimum absolute atomic E-state index is 0.159. The van der Waals surface area contributed by atoms with Crippen molar-refractivity contribution < 1.29 is 13.5 Å². The highest BCUT2D eigenvalue weighted by molar-refractivity contribution is 5.48. The molecule has 4 heteroatoms. The first-order valence-corrected chi connectivity index (χ1v) is 7.03. The zero-order chi connectivity index (χ0) is 15.2. The molecule has 0 spiro atoms. The van der Waals surface area contributed by atoms with Crippen LogP contribution < -0.4 is 10.1 Å². The van der Waals surface area contributed by atoms with Crippen molar-refractivity contribution in [2.24, 2.45) is 0 Å². The maximum Gasteiger partial charge on any atom is 0.159 e. The maximum atomic E-state index is 13.1. The van der Waals surface area contributed by atoms with Crippen molar-refractivity contribution in [1.82, 2.24) is 0 Å². The summed E-state index contributed by atoms with van der Waals surface area (Å²) >= 11 is 0. The molecule has 2 rings (SSSR count). The number of ether oxygens (including phenoxy) is 1. The van der Waals surface area contributed by atoms with E-state index in [9.17, 15) is 8.78 Å². The van der Waals surface area contributed by atoms with Crippen LogP contribution in [0.25, 0.3) is 0 Å². The van der Waals surface area contributed by atoms with Crippen LogP contribution in [0.1, 0.15) is 25.8 Å². The van der Waals surface area contributed by atoms with Gasteiger partial charge in [-0.15, -0.1) is 0 Å². The topological polar surface area (TPSA) is 21.3 Å². The minimum atomic E-state index is -0.831. The summed E-state index contributed by atoms with van der Waals surface area (Å²) in [7, 11) is 0. The molecule has 0 aliphatic heterocycles. The van der Waals surface area contributed by atoms with Crippen LogP contribution in [-0.4, -0.2) is 6.10 Å². The van der Waals surface area contributed by atoms with Crippen LogP contribution in [0.2, 0.25) is 0 Å². The lowest BCUT2D eigenvalue weighted by molar-refractivity contribution is 0.217. The van der Waals surface area contributed by atoms with Crippen LogP contribution in [0.5, 0.6) is 5.75 Å². The van der Waals surface area contributed by atoms with Gasteiger partial charge < -0.3 is 10.1 Å². The second-order valence-electron chi connectivity index (χ2n) is 4.97. The number of rotatable bonds is 6. The van der Waals surface area contributed by atoms with Crippen LogP contribution in [-0.2, 0) is 6.54 Å². The Morgan fingerprint density at radius 3 is 2.62 bits per heavy atom. The molecular formula is C17H19F2NO. The summed E-state index contributed by atoms with van der Waals surface area (Å²) in [6.07, 6.45) is 1.10. The van der Waals surface area contributed by atoms with E-state index in [-0.39, 0.29) is 6.10 Å². The summed E-state index contributed by atoms with van der Waals surface area (Å²) in [6, 6.07) is 11.5. The van der Waals surface area contributed by atoms with Gasteiger partial charge in [0.05, 0.1) is 6.10 Å². The third kappa shape index (κ3) is 4.45. The highest BCUT2D eigenvalue weighted by atomic mass is 19.2. The van der Waals surface area contributed by atoms with Crippen molar-refractivity contribution in [3.63, 3.8) is 0 Å². The zero-order valence-corrected chi connectivity index (χ0v) is 12.2. The van der Waals surface area contributed by atoms with Crippen LogP contribution in [0.3, 0.4) is 0 Å². The van der Waals surface area contributed by atoms with Gasteiger partial charge in [0.2, 0.25) is 0 Å². The molecule has 21 heavy (non-hydrogen) atoms. The van der Waals surface area contributed by atoms with Crippen LogP contribution in [0, 0.1) is 11.6 Å². The number of anilines is 1. The Morgan fingerprint density at radius 2 is 1.90 bits per heavy atom. The Kier molecular flexibility index (Phi) is 5.14. The number of hydrogen-bond donors (Lipinski definition) is 1. The smallest absolute Gasteiger partial charge is 0.159 e. The molecule has 1 N–H and O–H groups in total. The van der Waals surface area contributed by atoms with E-state index in [0.29, 0.717) is 12.1 Å². The fourth-order valence-corrected chi connectivity index (χ4v) is 1.85. The largest absolute Gasteiger partial charge is 0.491 e. The second kappa shape index (κ2) is 7.07. The Labute approximate surface area is 123 Å². The number of nitrogens with one attached hydrogen (secondary N) is 1. The summed E-state index contributed by atoms with van der Waals surface area (Å²) < 4.78 is 31.7. The van der Waals surface area contributed by atoms with Crippen molar-refractivity contribution in [3.8, 4) is 5.75 Å². The third-order valence-corrected chi connectivity index (χ3v) is 3.23. The molecule has 0 radical (unpaired) electrons. The van der Waals surface area contributed by atoms with E-state index >= 15 is 0 Å². The molecule has 0 fully saturated rings. The van der Waals surface area contributed by atoms with Gasteiger partial charge in [-0.2, -0.15) is 0 Å². The summed E-state index contributed by atoms with van der Waals surface area (Å²) in [5.41, 5.74) is 1.56. The SMILES string of the molecule is CCC(C)Oc1cccc(NCc2ccc(F)c(F)c2)c1. The molecule has 112 valence electrons. The van der Waals surface area contributed by atoms with E-state index < -0.39 is 11.6 Å². The summed E-state index contributed by atoms with van der Waals surface area (Å²) in [5, 5.41) is 3.17. The Hall–Kier alpha value is -2.10. The van der Waals surface area contributed by atoms with Gasteiger partial charge >= 0.3 is 0 Å². The molecule has 0 heterocycles. The van der Waals surface area contributed by atoms with E-state index in [2.05, 4.69) is 12.2 Å². The quantitative estimate of drug-likeness (QED) is 0.829. The van der Waals surface area contributed by atoms with Crippen molar-refractivity contribution in [2.45, 2.75) is 32.9 Å². The Balaban J connectivity index is 1.99. The van der Waals surface area contributed by atoms with E-state index in [1.807, 2.05) is 31.2 Å². The summed E-state index contributed by atoms with van der Waals surface area (Å²) in [4.78, 5) is 0. The fraction of sp³-hybridized carbons (Fsp3) is 0.294. The molecule has 2 nitrogen and oxygen atoms in total. The Morgan fingerprint density at radius 1 is 1.10 bits per heavy atom. The molecular weight excluding hydrogens is 272 g/mol. The van der Waals surface area contributed by atoms with Crippen molar-refractivity contribution in [3.05, 3.63) is 59.7 Å². The van der Waals surface area contributed by atoms with Gasteiger partial charge in [0.15, 0.2) is 11.6 Å². The molecule has 0 bridgehead atoms. The molecule has 0 amide bonds. The van der Waals surface area contributed by atoms with E-state index in [1.54, 1.807) is 6.07 Å². The van der Waals surface area contributed by atoms with Gasteiger partial charge in [-0.25, -0.2) is 8.78 Å². The highest BCUT2D eigenvalue weighted by Crippen LogP contribution is 2.20. The van der Waals surface area contributed by atoms with Crippen LogP contribution in [0.4, 0.5) is 14.5 Å². The lowest BCUT2D eigenvalue weighted by atomic mass is 10.2. The van der Waals surface area contributed by atoms with Crippen molar-refractivity contribution >= 4 is 5.69 Å². The van der Waals surface area contributed by atoms with Crippen LogP contribution in [0.15, 0.2) is 42.5 Å². The average Bonchev–Trinajstić information content (AvgIpc) is 2.49. The monoisotopic (exact) mass is 291 g/mol. The minimum Gasteiger partial charge on any atom is -0.491 e. The first-order valence-electron chi connectivity index (χ1n) is 7.03. The van der Waals surface area contributed by atoms with Crippen molar-refractivity contribution in [2.75, 3.05) is 5.32 Å². The number of benzene rings is 2. The highest BCUT2D eigenvalue weighted by Gasteiger charge is 2.04. The van der Waals surface area contributed by atoms with E-state index in [4.69, 9.17) is 4.74 Å². The van der Waals surface area contributed by atoms with Gasteiger partial charge in [-0.1, -0.05) is 19.1 Å². The predicted molar refractivity (Wildman–Crippen MR) is 80.5 cm³/mol. The molecule has 1 unspecified atom stereocenters. The van der Waals surface area contributed by atoms with Gasteiger partial charge in [0.25, 0.3) is 0 Å². The molecule has 2 aromatic rings. The molecule has 0 saturated heterocycles. The average molecular weight is 291 g/mol.